The van der Waals surface area contributed by atoms with Gasteiger partial charge in [-0.2, -0.15) is 0 Å². The van der Waals surface area contributed by atoms with E-state index in [0.717, 1.165) is 18.7 Å². The second kappa shape index (κ2) is 5.14. The fourth-order valence-corrected chi connectivity index (χ4v) is 1.82. The molecule has 0 aliphatic rings. The van der Waals surface area contributed by atoms with Crippen molar-refractivity contribution in [2.75, 3.05) is 0 Å². The number of imidazole rings is 1. The van der Waals surface area contributed by atoms with Gasteiger partial charge in [0.15, 0.2) is 0 Å². The Labute approximate surface area is 108 Å². The molecule has 94 valence electrons. The first kappa shape index (κ1) is 12.5. The first-order valence-electron chi connectivity index (χ1n) is 5.47. The van der Waals surface area contributed by atoms with E-state index in [9.17, 15) is 10.1 Å². The van der Waals surface area contributed by atoms with Crippen molar-refractivity contribution in [2.45, 2.75) is 19.8 Å². The number of hydrogen-bond donors (Lipinski definition) is 0. The van der Waals surface area contributed by atoms with Crippen LogP contribution < -0.4 is 0 Å². The van der Waals surface area contributed by atoms with Crippen molar-refractivity contribution >= 4 is 17.3 Å². The van der Waals surface area contributed by atoms with Gasteiger partial charge in [0.25, 0.3) is 0 Å². The average molecular weight is 267 g/mol. The quantitative estimate of drug-likeness (QED) is 0.484. The smallest absolute Gasteiger partial charge is 0.282 e. The normalized spacial score (nSPS) is 10.6. The molecule has 0 bridgehead atoms. The molecular formula is C11H11ClN4O2. The maximum atomic E-state index is 11.0. The van der Waals surface area contributed by atoms with Gasteiger partial charge < -0.3 is 0 Å². The van der Waals surface area contributed by atoms with Crippen molar-refractivity contribution in [3.63, 3.8) is 0 Å². The van der Waals surface area contributed by atoms with Crippen LogP contribution in [0.25, 0.3) is 5.82 Å². The molecule has 2 heterocycles. The van der Waals surface area contributed by atoms with Crippen molar-refractivity contribution in [3.8, 4) is 5.82 Å². The zero-order chi connectivity index (χ0) is 13.1. The van der Waals surface area contributed by atoms with Gasteiger partial charge in [-0.1, -0.05) is 18.5 Å². The molecule has 0 amide bonds. The van der Waals surface area contributed by atoms with Crippen LogP contribution in [0, 0.1) is 10.1 Å². The van der Waals surface area contributed by atoms with E-state index >= 15 is 0 Å². The maximum Gasteiger partial charge on any atom is 0.312 e. The van der Waals surface area contributed by atoms with E-state index in [1.54, 1.807) is 17.0 Å². The first-order valence-corrected chi connectivity index (χ1v) is 5.84. The molecule has 0 saturated carbocycles. The van der Waals surface area contributed by atoms with Crippen LogP contribution in [-0.2, 0) is 6.42 Å². The molecule has 6 nitrogen and oxygen atoms in total. The van der Waals surface area contributed by atoms with Gasteiger partial charge in [0.1, 0.15) is 11.0 Å². The first-order chi connectivity index (χ1) is 8.63. The number of hydrogen-bond acceptors (Lipinski definition) is 4. The monoisotopic (exact) mass is 266 g/mol. The highest BCUT2D eigenvalue weighted by Crippen LogP contribution is 2.24. The Kier molecular flexibility index (Phi) is 3.57. The zero-order valence-electron chi connectivity index (χ0n) is 9.71. The van der Waals surface area contributed by atoms with Gasteiger partial charge in [0, 0.05) is 24.9 Å². The Morgan fingerprint density at radius 1 is 1.50 bits per heavy atom. The van der Waals surface area contributed by atoms with Crippen LogP contribution >= 0.6 is 11.6 Å². The summed E-state index contributed by atoms with van der Waals surface area (Å²) < 4.78 is 1.60. The van der Waals surface area contributed by atoms with E-state index in [4.69, 9.17) is 11.6 Å². The molecule has 0 N–H and O–H groups in total. The van der Waals surface area contributed by atoms with Crippen LogP contribution in [0.1, 0.15) is 19.2 Å². The molecule has 0 unspecified atom stereocenters. The number of nitrogens with zero attached hydrogens (tertiary/aromatic N) is 4. The minimum absolute atomic E-state index is 0.0882. The maximum absolute atomic E-state index is 11.0. The third-order valence-corrected chi connectivity index (χ3v) is 2.65. The molecule has 0 atom stereocenters. The second-order valence-corrected chi connectivity index (χ2v) is 4.08. The Morgan fingerprint density at radius 2 is 2.28 bits per heavy atom. The average Bonchev–Trinajstić information content (AvgIpc) is 2.77. The van der Waals surface area contributed by atoms with Crippen LogP contribution in [0.3, 0.4) is 0 Å². The summed E-state index contributed by atoms with van der Waals surface area (Å²) in [6, 6.07) is 2.75. The van der Waals surface area contributed by atoms with Gasteiger partial charge in [0.05, 0.1) is 4.92 Å². The van der Waals surface area contributed by atoms with E-state index in [1.165, 1.54) is 12.1 Å². The number of halogens is 1. The van der Waals surface area contributed by atoms with Crippen molar-refractivity contribution in [1.29, 1.82) is 0 Å². The summed E-state index contributed by atoms with van der Waals surface area (Å²) in [6.07, 6.45) is 4.86. The van der Waals surface area contributed by atoms with Gasteiger partial charge in [-0.05, 0) is 12.5 Å². The predicted octanol–water partition coefficient (Wildman–Crippen LogP) is 2.78. The van der Waals surface area contributed by atoms with Gasteiger partial charge in [0.2, 0.25) is 5.82 Å². The summed E-state index contributed by atoms with van der Waals surface area (Å²) in [6.45, 7) is 2.01. The molecule has 0 fully saturated rings. The van der Waals surface area contributed by atoms with Crippen molar-refractivity contribution in [3.05, 3.63) is 45.6 Å². The van der Waals surface area contributed by atoms with Crippen molar-refractivity contribution < 1.29 is 4.92 Å². The highest BCUT2D eigenvalue weighted by atomic mass is 35.5. The lowest BCUT2D eigenvalue weighted by atomic mass is 10.3. The fraction of sp³-hybridized carbons (Fsp3) is 0.273. The van der Waals surface area contributed by atoms with E-state index in [2.05, 4.69) is 9.97 Å². The van der Waals surface area contributed by atoms with Crippen LogP contribution in [0.15, 0.2) is 24.5 Å². The Balaban J connectivity index is 2.58. The summed E-state index contributed by atoms with van der Waals surface area (Å²) in [4.78, 5) is 18.7. The van der Waals surface area contributed by atoms with E-state index in [1.807, 2.05) is 6.92 Å². The second-order valence-electron chi connectivity index (χ2n) is 3.70. The molecule has 18 heavy (non-hydrogen) atoms. The minimum Gasteiger partial charge on any atom is -0.282 e. The van der Waals surface area contributed by atoms with Gasteiger partial charge in [-0.15, -0.1) is 0 Å². The molecule has 0 aliphatic carbocycles. The number of aryl methyl sites for hydroxylation is 1. The van der Waals surface area contributed by atoms with E-state index in [0.29, 0.717) is 0 Å². The molecule has 7 heteroatoms. The molecule has 0 aliphatic heterocycles. The lowest BCUT2D eigenvalue weighted by molar-refractivity contribution is -0.384. The Hall–Kier alpha value is -1.95. The van der Waals surface area contributed by atoms with Crippen LogP contribution in [-0.4, -0.2) is 19.5 Å². The molecule has 0 aromatic carbocycles. The standard InChI is InChI=1S/C11H11ClN4O2/c1-2-3-10-13-6-7-15(10)11-8(16(17)18)4-5-9(12)14-11/h4-7H,2-3H2,1H3. The topological polar surface area (TPSA) is 73.8 Å². The summed E-state index contributed by atoms with van der Waals surface area (Å²) in [5.41, 5.74) is -0.0882. The van der Waals surface area contributed by atoms with Crippen LogP contribution in [0.4, 0.5) is 5.69 Å². The summed E-state index contributed by atoms with van der Waals surface area (Å²) in [5.74, 6) is 0.934. The Bertz CT molecular complexity index is 582. The van der Waals surface area contributed by atoms with Gasteiger partial charge >= 0.3 is 5.69 Å². The zero-order valence-corrected chi connectivity index (χ0v) is 10.5. The summed E-state index contributed by atoms with van der Waals surface area (Å²) in [7, 11) is 0. The number of aromatic nitrogens is 3. The third-order valence-electron chi connectivity index (χ3n) is 2.44. The van der Waals surface area contributed by atoms with Gasteiger partial charge in [-0.25, -0.2) is 9.97 Å². The Morgan fingerprint density at radius 3 is 2.94 bits per heavy atom. The fourth-order valence-electron chi connectivity index (χ4n) is 1.67. The minimum atomic E-state index is -0.478. The summed E-state index contributed by atoms with van der Waals surface area (Å²) >= 11 is 5.80. The highest BCUT2D eigenvalue weighted by molar-refractivity contribution is 6.29. The molecule has 2 aromatic heterocycles. The molecule has 0 radical (unpaired) electrons. The molecule has 0 saturated heterocycles. The number of rotatable bonds is 4. The molecular weight excluding hydrogens is 256 g/mol. The van der Waals surface area contributed by atoms with Crippen LogP contribution in [0.2, 0.25) is 5.15 Å². The predicted molar refractivity (Wildman–Crippen MR) is 67.0 cm³/mol. The third kappa shape index (κ3) is 2.33. The van der Waals surface area contributed by atoms with Crippen molar-refractivity contribution in [1.82, 2.24) is 14.5 Å². The van der Waals surface area contributed by atoms with Gasteiger partial charge in [-0.3, -0.25) is 14.7 Å². The molecule has 0 spiro atoms. The van der Waals surface area contributed by atoms with E-state index < -0.39 is 4.92 Å². The molecule has 2 rings (SSSR count). The van der Waals surface area contributed by atoms with Crippen molar-refractivity contribution in [2.24, 2.45) is 0 Å². The van der Waals surface area contributed by atoms with E-state index in [-0.39, 0.29) is 16.7 Å². The highest BCUT2D eigenvalue weighted by Gasteiger charge is 2.19. The van der Waals surface area contributed by atoms with Crippen LogP contribution in [0.5, 0.6) is 0 Å². The largest absolute Gasteiger partial charge is 0.312 e. The number of nitro groups is 1. The lowest BCUT2D eigenvalue weighted by Crippen LogP contribution is -2.06. The summed E-state index contributed by atoms with van der Waals surface area (Å²) in [5, 5.41) is 11.2. The SMILES string of the molecule is CCCc1nccn1-c1nc(Cl)ccc1[N+](=O)[O-]. The molecule has 2 aromatic rings. The number of pyridine rings is 1. The lowest BCUT2D eigenvalue weighted by Gasteiger charge is -2.06.